The zero-order chi connectivity index (χ0) is 8.23. The molecule has 3 heteroatoms. The van der Waals surface area contributed by atoms with Crippen molar-refractivity contribution in [3.63, 3.8) is 0 Å². The van der Waals surface area contributed by atoms with E-state index in [2.05, 4.69) is 15.3 Å². The van der Waals surface area contributed by atoms with Gasteiger partial charge >= 0.3 is 0 Å². The van der Waals surface area contributed by atoms with Crippen LogP contribution in [0.3, 0.4) is 0 Å². The molecule has 1 aromatic rings. The van der Waals surface area contributed by atoms with Gasteiger partial charge in [-0.1, -0.05) is 0 Å². The van der Waals surface area contributed by atoms with Crippen molar-refractivity contribution in [2.75, 3.05) is 6.54 Å². The van der Waals surface area contributed by atoms with Gasteiger partial charge in [-0.25, -0.2) is 9.97 Å². The van der Waals surface area contributed by atoms with Gasteiger partial charge in [-0.2, -0.15) is 0 Å². The third-order valence-electron chi connectivity index (χ3n) is 2.26. The van der Waals surface area contributed by atoms with Crippen LogP contribution in [0.2, 0.25) is 0 Å². The lowest BCUT2D eigenvalue weighted by Gasteiger charge is -2.08. The summed E-state index contributed by atoms with van der Waals surface area (Å²) >= 11 is 0. The zero-order valence-electron chi connectivity index (χ0n) is 7.03. The Labute approximate surface area is 72.2 Å². The molecule has 1 N–H and O–H groups in total. The monoisotopic (exact) mass is 163 g/mol. The van der Waals surface area contributed by atoms with Crippen LogP contribution in [0.25, 0.3) is 0 Å². The van der Waals surface area contributed by atoms with Gasteiger partial charge in [0, 0.05) is 18.4 Å². The van der Waals surface area contributed by atoms with E-state index in [9.17, 15) is 0 Å². The number of aromatic nitrogens is 2. The van der Waals surface area contributed by atoms with Gasteiger partial charge < -0.3 is 5.32 Å². The molecular formula is C9H13N3. The Kier molecular flexibility index (Phi) is 2.32. The van der Waals surface area contributed by atoms with Gasteiger partial charge in [0.2, 0.25) is 0 Å². The summed E-state index contributed by atoms with van der Waals surface area (Å²) < 4.78 is 0. The molecule has 1 atom stereocenters. The summed E-state index contributed by atoms with van der Waals surface area (Å²) in [4.78, 5) is 7.98. The molecule has 0 aliphatic carbocycles. The third kappa shape index (κ3) is 1.80. The van der Waals surface area contributed by atoms with Gasteiger partial charge in [0.25, 0.3) is 0 Å². The van der Waals surface area contributed by atoms with Crippen molar-refractivity contribution in [3.05, 3.63) is 24.3 Å². The van der Waals surface area contributed by atoms with E-state index in [0.29, 0.717) is 6.04 Å². The normalized spacial score (nSPS) is 22.8. The SMILES string of the molecule is c1ncc(CC2CCCN2)cn1. The van der Waals surface area contributed by atoms with Gasteiger partial charge in [0.15, 0.2) is 0 Å². The first kappa shape index (κ1) is 7.68. The first-order valence-corrected chi connectivity index (χ1v) is 4.42. The molecular weight excluding hydrogens is 150 g/mol. The van der Waals surface area contributed by atoms with Crippen LogP contribution < -0.4 is 5.32 Å². The summed E-state index contributed by atoms with van der Waals surface area (Å²) in [5.41, 5.74) is 1.23. The smallest absolute Gasteiger partial charge is 0.115 e. The average molecular weight is 163 g/mol. The van der Waals surface area contributed by atoms with E-state index in [4.69, 9.17) is 0 Å². The second kappa shape index (κ2) is 3.63. The molecule has 0 radical (unpaired) electrons. The molecule has 1 aromatic heterocycles. The number of nitrogens with one attached hydrogen (secondary N) is 1. The van der Waals surface area contributed by atoms with Crippen LogP contribution in [0.5, 0.6) is 0 Å². The van der Waals surface area contributed by atoms with Gasteiger partial charge in [-0.05, 0) is 31.4 Å². The van der Waals surface area contributed by atoms with Crippen molar-refractivity contribution in [2.45, 2.75) is 25.3 Å². The van der Waals surface area contributed by atoms with E-state index >= 15 is 0 Å². The summed E-state index contributed by atoms with van der Waals surface area (Å²) in [5.74, 6) is 0. The number of hydrogen-bond acceptors (Lipinski definition) is 3. The quantitative estimate of drug-likeness (QED) is 0.699. The number of rotatable bonds is 2. The Morgan fingerprint density at radius 3 is 2.92 bits per heavy atom. The first-order valence-electron chi connectivity index (χ1n) is 4.42. The van der Waals surface area contributed by atoms with Gasteiger partial charge in [-0.15, -0.1) is 0 Å². The van der Waals surface area contributed by atoms with Crippen LogP contribution in [0.15, 0.2) is 18.7 Å². The molecule has 1 unspecified atom stereocenters. The summed E-state index contributed by atoms with van der Waals surface area (Å²) in [6.07, 6.45) is 9.03. The minimum absolute atomic E-state index is 0.649. The average Bonchev–Trinajstić information content (AvgIpc) is 2.59. The maximum atomic E-state index is 3.99. The van der Waals surface area contributed by atoms with Gasteiger partial charge in [0.1, 0.15) is 6.33 Å². The minimum atomic E-state index is 0.649. The molecule has 64 valence electrons. The second-order valence-electron chi connectivity index (χ2n) is 3.24. The molecule has 0 saturated carbocycles. The van der Waals surface area contributed by atoms with Crippen LogP contribution in [-0.2, 0) is 6.42 Å². The predicted octanol–water partition coefficient (Wildman–Crippen LogP) is 0.771. The summed E-state index contributed by atoms with van der Waals surface area (Å²) in [7, 11) is 0. The molecule has 2 rings (SSSR count). The number of nitrogens with zero attached hydrogens (tertiary/aromatic N) is 2. The summed E-state index contributed by atoms with van der Waals surface area (Å²) in [6.45, 7) is 1.17. The molecule has 0 amide bonds. The maximum Gasteiger partial charge on any atom is 0.115 e. The van der Waals surface area contributed by atoms with E-state index in [1.54, 1.807) is 6.33 Å². The molecule has 1 saturated heterocycles. The van der Waals surface area contributed by atoms with Crippen molar-refractivity contribution in [3.8, 4) is 0 Å². The Balaban J connectivity index is 1.94. The molecule has 12 heavy (non-hydrogen) atoms. The van der Waals surface area contributed by atoms with Crippen LogP contribution in [0.4, 0.5) is 0 Å². The van der Waals surface area contributed by atoms with Gasteiger partial charge in [-0.3, -0.25) is 0 Å². The highest BCUT2D eigenvalue weighted by Gasteiger charge is 2.13. The fourth-order valence-corrected chi connectivity index (χ4v) is 1.65. The van der Waals surface area contributed by atoms with Crippen LogP contribution >= 0.6 is 0 Å². The second-order valence-corrected chi connectivity index (χ2v) is 3.24. The molecule has 0 bridgehead atoms. The van der Waals surface area contributed by atoms with Crippen molar-refractivity contribution in [2.24, 2.45) is 0 Å². The minimum Gasteiger partial charge on any atom is -0.314 e. The Bertz CT molecular complexity index is 229. The fraction of sp³-hybridized carbons (Fsp3) is 0.556. The van der Waals surface area contributed by atoms with E-state index < -0.39 is 0 Å². The lowest BCUT2D eigenvalue weighted by atomic mass is 10.1. The molecule has 3 nitrogen and oxygen atoms in total. The van der Waals surface area contributed by atoms with Crippen LogP contribution in [-0.4, -0.2) is 22.6 Å². The van der Waals surface area contributed by atoms with E-state index in [1.165, 1.54) is 24.9 Å². The molecule has 2 heterocycles. The largest absolute Gasteiger partial charge is 0.314 e. The Morgan fingerprint density at radius 2 is 2.25 bits per heavy atom. The highest BCUT2D eigenvalue weighted by Crippen LogP contribution is 2.09. The predicted molar refractivity (Wildman–Crippen MR) is 46.8 cm³/mol. The molecule has 1 aliphatic rings. The summed E-state index contributed by atoms with van der Waals surface area (Å²) in [6, 6.07) is 0.649. The molecule has 0 aromatic carbocycles. The lowest BCUT2D eigenvalue weighted by Crippen LogP contribution is -2.23. The van der Waals surface area contributed by atoms with E-state index in [1.807, 2.05) is 12.4 Å². The van der Waals surface area contributed by atoms with Crippen molar-refractivity contribution in [1.82, 2.24) is 15.3 Å². The highest BCUT2D eigenvalue weighted by atomic mass is 14.9. The molecule has 0 spiro atoms. The van der Waals surface area contributed by atoms with Crippen LogP contribution in [0, 0.1) is 0 Å². The van der Waals surface area contributed by atoms with Crippen molar-refractivity contribution in [1.29, 1.82) is 0 Å². The molecule has 1 aliphatic heterocycles. The first-order chi connectivity index (χ1) is 5.95. The molecule has 1 fully saturated rings. The topological polar surface area (TPSA) is 37.8 Å². The fourth-order valence-electron chi connectivity index (χ4n) is 1.65. The Hall–Kier alpha value is -0.960. The third-order valence-corrected chi connectivity index (χ3v) is 2.26. The number of hydrogen-bond donors (Lipinski definition) is 1. The lowest BCUT2D eigenvalue weighted by molar-refractivity contribution is 0.601. The standard InChI is InChI=1S/C9H13N3/c1-2-9(12-3-1)4-8-5-10-7-11-6-8/h5-7,9,12H,1-4H2. The van der Waals surface area contributed by atoms with Crippen LogP contribution in [0.1, 0.15) is 18.4 Å². The van der Waals surface area contributed by atoms with Gasteiger partial charge in [0.05, 0.1) is 0 Å². The highest BCUT2D eigenvalue weighted by molar-refractivity contribution is 5.05. The van der Waals surface area contributed by atoms with Crippen molar-refractivity contribution < 1.29 is 0 Å². The summed E-state index contributed by atoms with van der Waals surface area (Å²) in [5, 5.41) is 3.45. The zero-order valence-corrected chi connectivity index (χ0v) is 7.03. The van der Waals surface area contributed by atoms with E-state index in [-0.39, 0.29) is 0 Å². The van der Waals surface area contributed by atoms with Crippen molar-refractivity contribution >= 4 is 0 Å². The maximum absolute atomic E-state index is 3.99. The van der Waals surface area contributed by atoms with E-state index in [0.717, 1.165) is 6.42 Å². The Morgan fingerprint density at radius 1 is 1.42 bits per heavy atom.